The maximum Gasteiger partial charge on any atom is 0.115 e. The fourth-order valence-corrected chi connectivity index (χ4v) is 8.76. The number of anilines is 1. The molecular weight excluding hydrogens is 332 g/mol. The molecule has 1 atom stereocenters. The van der Waals surface area contributed by atoms with Crippen LogP contribution in [0.4, 0.5) is 5.69 Å². The molecule has 4 rings (SSSR count). The van der Waals surface area contributed by atoms with Crippen LogP contribution in [0.3, 0.4) is 0 Å². The van der Waals surface area contributed by atoms with E-state index in [0.717, 1.165) is 0 Å². The van der Waals surface area contributed by atoms with E-state index in [1.165, 1.54) is 22.4 Å². The molecule has 2 nitrogen and oxygen atoms in total. The minimum Gasteiger partial charge on any atom is -0.359 e. The third kappa shape index (κ3) is 2.16. The van der Waals surface area contributed by atoms with Crippen molar-refractivity contribution in [3.05, 3.63) is 65.5 Å². The van der Waals surface area contributed by atoms with Crippen molar-refractivity contribution in [3.8, 4) is 0 Å². The van der Waals surface area contributed by atoms with E-state index in [1.54, 1.807) is 10.4 Å². The van der Waals surface area contributed by atoms with E-state index in [-0.39, 0.29) is 5.41 Å². The van der Waals surface area contributed by atoms with E-state index in [9.17, 15) is 0 Å². The number of aryl methyl sites for hydroxylation is 1. The van der Waals surface area contributed by atoms with Gasteiger partial charge >= 0.3 is 0 Å². The van der Waals surface area contributed by atoms with E-state index in [4.69, 9.17) is 0 Å². The first-order chi connectivity index (χ1) is 12.2. The average Bonchev–Trinajstić information content (AvgIpc) is 2.92. The molecule has 0 aromatic heterocycles. The quantitative estimate of drug-likeness (QED) is 0.707. The van der Waals surface area contributed by atoms with Crippen molar-refractivity contribution < 1.29 is 0 Å². The summed E-state index contributed by atoms with van der Waals surface area (Å²) in [6.07, 6.45) is 4.80. The Morgan fingerprint density at radius 2 is 1.65 bits per heavy atom. The number of fused-ring (bicyclic) bond motifs is 2. The van der Waals surface area contributed by atoms with Crippen molar-refractivity contribution in [2.75, 3.05) is 11.9 Å². The van der Waals surface area contributed by atoms with Crippen molar-refractivity contribution in [2.45, 2.75) is 52.4 Å². The molecule has 0 saturated carbocycles. The molecule has 0 N–H and O–H groups in total. The number of benzene rings is 2. The van der Waals surface area contributed by atoms with E-state index >= 15 is 0 Å². The maximum atomic E-state index is 2.52. The molecular formula is C23H30N2Si. The van der Waals surface area contributed by atoms with Crippen LogP contribution in [0.2, 0.25) is 13.1 Å². The Morgan fingerprint density at radius 3 is 2.31 bits per heavy atom. The highest BCUT2D eigenvalue weighted by atomic mass is 28.3. The minimum atomic E-state index is -1.81. The molecule has 0 bridgehead atoms. The highest BCUT2D eigenvalue weighted by molar-refractivity contribution is 7.02. The van der Waals surface area contributed by atoms with Gasteiger partial charge in [-0.2, -0.15) is 0 Å². The fraction of sp³-hybridized carbons (Fsp3) is 0.391. The lowest BCUT2D eigenvalue weighted by Gasteiger charge is -2.45. The first-order valence-corrected chi connectivity index (χ1v) is 12.6. The maximum absolute atomic E-state index is 2.52. The number of rotatable bonds is 1. The Labute approximate surface area is 159 Å². The zero-order valence-corrected chi connectivity index (χ0v) is 18.1. The Morgan fingerprint density at radius 1 is 0.962 bits per heavy atom. The molecule has 0 aliphatic carbocycles. The largest absolute Gasteiger partial charge is 0.359 e. The molecule has 3 heteroatoms. The van der Waals surface area contributed by atoms with Crippen LogP contribution in [0.15, 0.2) is 48.8 Å². The van der Waals surface area contributed by atoms with Gasteiger partial charge in [-0.05, 0) is 35.7 Å². The van der Waals surface area contributed by atoms with E-state index in [1.807, 2.05) is 0 Å². The molecule has 26 heavy (non-hydrogen) atoms. The molecule has 2 heterocycles. The van der Waals surface area contributed by atoms with E-state index < -0.39 is 8.07 Å². The fourth-order valence-electron chi connectivity index (χ4n) is 4.92. The van der Waals surface area contributed by atoms with Crippen LogP contribution in [-0.4, -0.2) is 26.2 Å². The Kier molecular flexibility index (Phi) is 3.68. The van der Waals surface area contributed by atoms with Gasteiger partial charge in [-0.3, -0.25) is 0 Å². The van der Waals surface area contributed by atoms with Gasteiger partial charge in [0.2, 0.25) is 0 Å². The molecule has 0 amide bonds. The SMILES string of the molecule is Cc1ccc2c(c1N1C=CN(C)[C@@H]1C)[Si](C)(C)c1ccccc1C2(C)C. The summed E-state index contributed by atoms with van der Waals surface area (Å²) in [5, 5.41) is 3.21. The summed E-state index contributed by atoms with van der Waals surface area (Å²) in [5.74, 6) is 0. The lowest BCUT2D eigenvalue weighted by atomic mass is 9.77. The first kappa shape index (κ1) is 17.4. The standard InChI is InChI=1S/C23H30N2Si/c1-16-12-13-19-22(21(16)25-15-14-24(5)17(25)2)26(6,7)20-11-9-8-10-18(20)23(19,3)4/h8-15,17H,1-7H3/t17-/m0/s1. The lowest BCUT2D eigenvalue weighted by Crippen LogP contribution is -2.63. The highest BCUT2D eigenvalue weighted by Gasteiger charge is 2.45. The third-order valence-electron chi connectivity index (χ3n) is 6.66. The lowest BCUT2D eigenvalue weighted by molar-refractivity contribution is 0.383. The van der Waals surface area contributed by atoms with Crippen LogP contribution < -0.4 is 15.3 Å². The van der Waals surface area contributed by atoms with Crippen LogP contribution in [0.1, 0.15) is 37.5 Å². The predicted molar refractivity (Wildman–Crippen MR) is 115 cm³/mol. The number of hydrogen-bond donors (Lipinski definition) is 0. The minimum absolute atomic E-state index is 0.0372. The first-order valence-electron chi connectivity index (χ1n) is 9.60. The van der Waals surface area contributed by atoms with Gasteiger partial charge in [0.05, 0.1) is 0 Å². The second-order valence-electron chi connectivity index (χ2n) is 8.95. The van der Waals surface area contributed by atoms with Crippen LogP contribution in [-0.2, 0) is 5.41 Å². The van der Waals surface area contributed by atoms with Crippen molar-refractivity contribution in [1.82, 2.24) is 4.90 Å². The van der Waals surface area contributed by atoms with Crippen LogP contribution in [0, 0.1) is 6.92 Å². The van der Waals surface area contributed by atoms with Gasteiger partial charge in [0.1, 0.15) is 14.2 Å². The van der Waals surface area contributed by atoms with Gasteiger partial charge < -0.3 is 9.80 Å². The molecule has 0 saturated heterocycles. The van der Waals surface area contributed by atoms with Crippen molar-refractivity contribution >= 4 is 24.1 Å². The molecule has 2 aromatic rings. The van der Waals surface area contributed by atoms with Crippen LogP contribution >= 0.6 is 0 Å². The monoisotopic (exact) mass is 362 g/mol. The summed E-state index contributed by atoms with van der Waals surface area (Å²) in [6, 6.07) is 13.9. The zero-order chi connectivity index (χ0) is 18.9. The number of nitrogens with zero attached hydrogens (tertiary/aromatic N) is 2. The zero-order valence-electron chi connectivity index (χ0n) is 17.1. The molecule has 0 radical (unpaired) electrons. The van der Waals surface area contributed by atoms with Crippen LogP contribution in [0.5, 0.6) is 0 Å². The molecule has 0 fully saturated rings. The van der Waals surface area contributed by atoms with Gasteiger partial charge in [-0.1, -0.05) is 68.5 Å². The highest BCUT2D eigenvalue weighted by Crippen LogP contribution is 2.40. The summed E-state index contributed by atoms with van der Waals surface area (Å²) in [5.41, 5.74) is 5.89. The Hall–Kier alpha value is -2.00. The van der Waals surface area contributed by atoms with Gasteiger partial charge in [0.25, 0.3) is 0 Å². The summed E-state index contributed by atoms with van der Waals surface area (Å²) in [6.45, 7) is 14.4. The normalized spacial score (nSPS) is 22.3. The van der Waals surface area contributed by atoms with E-state index in [0.29, 0.717) is 6.17 Å². The van der Waals surface area contributed by atoms with Crippen molar-refractivity contribution in [3.63, 3.8) is 0 Å². The number of hydrogen-bond acceptors (Lipinski definition) is 2. The van der Waals surface area contributed by atoms with Gasteiger partial charge in [0, 0.05) is 30.5 Å². The second-order valence-corrected chi connectivity index (χ2v) is 13.2. The average molecular weight is 363 g/mol. The van der Waals surface area contributed by atoms with Crippen molar-refractivity contribution in [1.29, 1.82) is 0 Å². The predicted octanol–water partition coefficient (Wildman–Crippen LogP) is 4.03. The van der Waals surface area contributed by atoms with Crippen molar-refractivity contribution in [2.24, 2.45) is 0 Å². The Bertz CT molecular complexity index is 910. The smallest absolute Gasteiger partial charge is 0.115 e. The molecule has 2 aliphatic heterocycles. The molecule has 0 unspecified atom stereocenters. The summed E-state index contributed by atoms with van der Waals surface area (Å²) in [7, 11) is 0.351. The molecule has 0 spiro atoms. The summed E-state index contributed by atoms with van der Waals surface area (Å²) >= 11 is 0. The van der Waals surface area contributed by atoms with Gasteiger partial charge in [0.15, 0.2) is 0 Å². The van der Waals surface area contributed by atoms with Crippen LogP contribution in [0.25, 0.3) is 0 Å². The third-order valence-corrected chi connectivity index (χ3v) is 10.2. The topological polar surface area (TPSA) is 6.48 Å². The summed E-state index contributed by atoms with van der Waals surface area (Å²) in [4.78, 5) is 4.77. The molecule has 2 aromatic carbocycles. The van der Waals surface area contributed by atoms with Gasteiger partial charge in [-0.25, -0.2) is 0 Å². The Balaban J connectivity index is 2.05. The molecule has 2 aliphatic rings. The molecule has 136 valence electrons. The second kappa shape index (κ2) is 5.50. The summed E-state index contributed by atoms with van der Waals surface area (Å²) < 4.78 is 0. The van der Waals surface area contributed by atoms with Gasteiger partial charge in [-0.15, -0.1) is 0 Å². The van der Waals surface area contributed by atoms with E-state index in [2.05, 4.69) is 106 Å².